The smallest absolute Gasteiger partial charge is 0.261 e. The molecule has 7 heteroatoms. The molecule has 104 valence electrons. The highest BCUT2D eigenvalue weighted by molar-refractivity contribution is 5.83. The average molecular weight is 274 g/mol. The number of hydrogen-bond donors (Lipinski definition) is 2. The Kier molecular flexibility index (Phi) is 4.09. The van der Waals surface area contributed by atoms with Crippen molar-refractivity contribution in [2.45, 2.75) is 13.0 Å². The third kappa shape index (κ3) is 3.19. The van der Waals surface area contributed by atoms with Crippen LogP contribution in [-0.4, -0.2) is 27.9 Å². The molecule has 7 nitrogen and oxygen atoms in total. The van der Waals surface area contributed by atoms with Crippen LogP contribution in [0, 0.1) is 0 Å². The van der Waals surface area contributed by atoms with Gasteiger partial charge in [0.2, 0.25) is 11.8 Å². The molecule has 0 aliphatic heterocycles. The van der Waals surface area contributed by atoms with E-state index in [1.807, 2.05) is 0 Å². The van der Waals surface area contributed by atoms with Crippen molar-refractivity contribution in [1.29, 1.82) is 0 Å². The van der Waals surface area contributed by atoms with Crippen LogP contribution in [0.15, 0.2) is 35.4 Å². The Morgan fingerprint density at radius 1 is 1.30 bits per heavy atom. The third-order valence-electron chi connectivity index (χ3n) is 2.77. The summed E-state index contributed by atoms with van der Waals surface area (Å²) in [5, 5.41) is 2.87. The zero-order valence-corrected chi connectivity index (χ0v) is 10.7. The van der Waals surface area contributed by atoms with Gasteiger partial charge in [-0.3, -0.25) is 19.0 Å². The van der Waals surface area contributed by atoms with Crippen LogP contribution in [-0.2, 0) is 16.1 Å². The van der Waals surface area contributed by atoms with Gasteiger partial charge in [0.25, 0.3) is 5.56 Å². The number of fused-ring (bicyclic) bond motifs is 1. The summed E-state index contributed by atoms with van der Waals surface area (Å²) in [4.78, 5) is 38.2. The van der Waals surface area contributed by atoms with Crippen LogP contribution in [0.25, 0.3) is 10.9 Å². The number of hydrogen-bond acceptors (Lipinski definition) is 4. The number of nitrogens with one attached hydrogen (secondary N) is 1. The Bertz CT molecular complexity index is 708. The van der Waals surface area contributed by atoms with Crippen molar-refractivity contribution in [2.24, 2.45) is 5.73 Å². The maximum atomic E-state index is 12.1. The Hall–Kier alpha value is -2.70. The van der Waals surface area contributed by atoms with Crippen molar-refractivity contribution in [3.8, 4) is 0 Å². The number of benzene rings is 1. The van der Waals surface area contributed by atoms with E-state index in [4.69, 9.17) is 5.73 Å². The lowest BCUT2D eigenvalue weighted by Crippen LogP contribution is -2.34. The Labute approximate surface area is 114 Å². The predicted octanol–water partition coefficient (Wildman–Crippen LogP) is -0.612. The highest BCUT2D eigenvalue weighted by atomic mass is 16.2. The molecular formula is C13H14N4O3. The van der Waals surface area contributed by atoms with Crippen molar-refractivity contribution in [3.05, 3.63) is 40.9 Å². The van der Waals surface area contributed by atoms with E-state index in [0.717, 1.165) is 0 Å². The summed E-state index contributed by atoms with van der Waals surface area (Å²) in [5.41, 5.74) is 5.34. The van der Waals surface area contributed by atoms with Gasteiger partial charge >= 0.3 is 0 Å². The summed E-state index contributed by atoms with van der Waals surface area (Å²) >= 11 is 0. The van der Waals surface area contributed by atoms with E-state index in [9.17, 15) is 14.4 Å². The first-order chi connectivity index (χ1) is 9.58. The molecule has 1 aromatic carbocycles. The van der Waals surface area contributed by atoms with Gasteiger partial charge in [0.05, 0.1) is 23.8 Å². The highest BCUT2D eigenvalue weighted by Crippen LogP contribution is 2.04. The number of rotatable bonds is 5. The molecule has 2 aromatic rings. The maximum absolute atomic E-state index is 12.1. The standard InChI is InChI=1S/C13H14N4O3/c14-11(18)7-15-12(19)5-6-17-8-16-10-4-2-1-3-9(10)13(17)20/h1-4,8H,5-7H2,(H2,14,18)(H,15,19). The van der Waals surface area contributed by atoms with Crippen molar-refractivity contribution in [3.63, 3.8) is 0 Å². The molecule has 0 fully saturated rings. The zero-order chi connectivity index (χ0) is 14.5. The van der Waals surface area contributed by atoms with Gasteiger partial charge in [-0.1, -0.05) is 12.1 Å². The number of para-hydroxylation sites is 1. The first-order valence-corrected chi connectivity index (χ1v) is 6.07. The number of amides is 2. The molecule has 0 aliphatic rings. The topological polar surface area (TPSA) is 107 Å². The van der Waals surface area contributed by atoms with Gasteiger partial charge in [0, 0.05) is 13.0 Å². The van der Waals surface area contributed by atoms with Crippen molar-refractivity contribution in [2.75, 3.05) is 6.54 Å². The van der Waals surface area contributed by atoms with Crippen LogP contribution in [0.3, 0.4) is 0 Å². The quantitative estimate of drug-likeness (QED) is 0.758. The summed E-state index contributed by atoms with van der Waals surface area (Å²) < 4.78 is 1.37. The molecule has 1 heterocycles. The third-order valence-corrected chi connectivity index (χ3v) is 2.77. The lowest BCUT2D eigenvalue weighted by molar-refractivity contribution is -0.124. The minimum absolute atomic E-state index is 0.0766. The second-order valence-corrected chi connectivity index (χ2v) is 4.25. The molecule has 2 rings (SSSR count). The van der Waals surface area contributed by atoms with Crippen molar-refractivity contribution in [1.82, 2.24) is 14.9 Å². The molecule has 3 N–H and O–H groups in total. The van der Waals surface area contributed by atoms with Gasteiger partial charge in [0.15, 0.2) is 0 Å². The average Bonchev–Trinajstić information content (AvgIpc) is 2.44. The second-order valence-electron chi connectivity index (χ2n) is 4.25. The first-order valence-electron chi connectivity index (χ1n) is 6.07. The van der Waals surface area contributed by atoms with Crippen LogP contribution >= 0.6 is 0 Å². The Morgan fingerprint density at radius 3 is 2.80 bits per heavy atom. The Morgan fingerprint density at radius 2 is 2.05 bits per heavy atom. The van der Waals surface area contributed by atoms with E-state index < -0.39 is 5.91 Å². The number of nitrogens with two attached hydrogens (primary N) is 1. The highest BCUT2D eigenvalue weighted by Gasteiger charge is 2.06. The fraction of sp³-hybridized carbons (Fsp3) is 0.231. The molecule has 0 bridgehead atoms. The van der Waals surface area contributed by atoms with E-state index in [1.54, 1.807) is 24.3 Å². The molecule has 0 saturated heterocycles. The molecular weight excluding hydrogens is 260 g/mol. The molecule has 20 heavy (non-hydrogen) atoms. The summed E-state index contributed by atoms with van der Waals surface area (Å²) in [6, 6.07) is 7.00. The minimum Gasteiger partial charge on any atom is -0.368 e. The molecule has 2 amide bonds. The van der Waals surface area contributed by atoms with Crippen molar-refractivity contribution >= 4 is 22.7 Å². The van der Waals surface area contributed by atoms with Gasteiger partial charge in [-0.25, -0.2) is 4.98 Å². The van der Waals surface area contributed by atoms with Crippen LogP contribution in [0.1, 0.15) is 6.42 Å². The van der Waals surface area contributed by atoms with E-state index in [1.165, 1.54) is 10.9 Å². The summed E-state index contributed by atoms with van der Waals surface area (Å²) in [7, 11) is 0. The van der Waals surface area contributed by atoms with Crippen LogP contribution in [0.4, 0.5) is 0 Å². The van der Waals surface area contributed by atoms with Gasteiger partial charge in [-0.15, -0.1) is 0 Å². The van der Waals surface area contributed by atoms with E-state index in [-0.39, 0.29) is 31.0 Å². The lowest BCUT2D eigenvalue weighted by Gasteiger charge is -2.06. The van der Waals surface area contributed by atoms with Gasteiger partial charge in [-0.05, 0) is 12.1 Å². The van der Waals surface area contributed by atoms with Crippen LogP contribution in [0.5, 0.6) is 0 Å². The SMILES string of the molecule is NC(=O)CNC(=O)CCn1cnc2ccccc2c1=O. The van der Waals surface area contributed by atoms with Gasteiger partial charge < -0.3 is 11.1 Å². The van der Waals surface area contributed by atoms with Crippen LogP contribution in [0.2, 0.25) is 0 Å². The fourth-order valence-corrected chi connectivity index (χ4v) is 1.76. The predicted molar refractivity (Wildman–Crippen MR) is 72.8 cm³/mol. The second kappa shape index (κ2) is 5.96. The number of nitrogens with zero attached hydrogens (tertiary/aromatic N) is 2. The number of carbonyl (C=O) groups is 2. The number of primary amides is 1. The van der Waals surface area contributed by atoms with E-state index in [0.29, 0.717) is 10.9 Å². The summed E-state index contributed by atoms with van der Waals surface area (Å²) in [5.74, 6) is -0.952. The van der Waals surface area contributed by atoms with Gasteiger partial charge in [0.1, 0.15) is 0 Å². The monoisotopic (exact) mass is 274 g/mol. The molecule has 0 aliphatic carbocycles. The molecule has 0 unspecified atom stereocenters. The molecule has 1 aromatic heterocycles. The molecule has 0 radical (unpaired) electrons. The maximum Gasteiger partial charge on any atom is 0.261 e. The van der Waals surface area contributed by atoms with Crippen LogP contribution < -0.4 is 16.6 Å². The molecule has 0 spiro atoms. The summed E-state index contributed by atoms with van der Waals surface area (Å²) in [6.45, 7) is -0.00896. The largest absolute Gasteiger partial charge is 0.368 e. The molecule has 0 atom stereocenters. The zero-order valence-electron chi connectivity index (χ0n) is 10.7. The fourth-order valence-electron chi connectivity index (χ4n) is 1.76. The normalized spacial score (nSPS) is 10.4. The van der Waals surface area contributed by atoms with E-state index >= 15 is 0 Å². The lowest BCUT2D eigenvalue weighted by atomic mass is 10.2. The molecule has 0 saturated carbocycles. The van der Waals surface area contributed by atoms with Gasteiger partial charge in [-0.2, -0.15) is 0 Å². The van der Waals surface area contributed by atoms with Crippen molar-refractivity contribution < 1.29 is 9.59 Å². The Balaban J connectivity index is 2.07. The first kappa shape index (κ1) is 13.7. The minimum atomic E-state index is -0.608. The number of carbonyl (C=O) groups excluding carboxylic acids is 2. The summed E-state index contributed by atoms with van der Waals surface area (Å²) in [6.07, 6.45) is 1.49. The van der Waals surface area contributed by atoms with E-state index in [2.05, 4.69) is 10.3 Å². The number of aryl methyl sites for hydroxylation is 1. The number of aromatic nitrogens is 2.